The second kappa shape index (κ2) is 9.41. The Balaban J connectivity index is 1.39. The lowest BCUT2D eigenvalue weighted by Gasteiger charge is -2.27. The van der Waals surface area contributed by atoms with Crippen LogP contribution in [0.4, 0.5) is 0 Å². The summed E-state index contributed by atoms with van der Waals surface area (Å²) in [5.74, 6) is -0.0603. The summed E-state index contributed by atoms with van der Waals surface area (Å²) in [6.45, 7) is 1.54. The largest absolute Gasteiger partial charge is 0.335 e. The molecule has 0 aliphatic carbocycles. The molecule has 1 aromatic heterocycles. The molecule has 1 aliphatic rings. The highest BCUT2D eigenvalue weighted by molar-refractivity contribution is 7.71. The number of amides is 1. The highest BCUT2D eigenvalue weighted by atomic mass is 35.5. The molecule has 0 spiro atoms. The zero-order chi connectivity index (χ0) is 23.7. The van der Waals surface area contributed by atoms with E-state index in [1.165, 1.54) is 15.7 Å². The lowest BCUT2D eigenvalue weighted by atomic mass is 9.99. The van der Waals surface area contributed by atoms with E-state index in [-0.39, 0.29) is 11.5 Å². The van der Waals surface area contributed by atoms with E-state index in [9.17, 15) is 9.59 Å². The van der Waals surface area contributed by atoms with E-state index in [2.05, 4.69) is 23.2 Å². The fourth-order valence-electron chi connectivity index (χ4n) is 4.25. The first-order chi connectivity index (χ1) is 16.5. The molecular weight excluding hydrogens is 466 g/mol. The van der Waals surface area contributed by atoms with Gasteiger partial charge in [0, 0.05) is 23.7 Å². The summed E-state index contributed by atoms with van der Waals surface area (Å²) in [5, 5.41) is 1.13. The van der Waals surface area contributed by atoms with Crippen molar-refractivity contribution in [1.82, 2.24) is 14.5 Å². The quantitative estimate of drug-likeness (QED) is 0.376. The van der Waals surface area contributed by atoms with E-state index >= 15 is 0 Å². The molecule has 0 bridgehead atoms. The predicted octanol–water partition coefficient (Wildman–Crippen LogP) is 5.69. The van der Waals surface area contributed by atoms with Crippen LogP contribution in [0.1, 0.15) is 27.9 Å². The minimum absolute atomic E-state index is 0.0603. The van der Waals surface area contributed by atoms with Crippen LogP contribution in [0.5, 0.6) is 0 Å². The normalized spacial score (nSPS) is 13.7. The molecule has 0 saturated heterocycles. The van der Waals surface area contributed by atoms with Gasteiger partial charge in [0.05, 0.1) is 17.4 Å². The molecule has 3 aromatic carbocycles. The fourth-order valence-corrected chi connectivity index (χ4v) is 4.64. The second-order valence-corrected chi connectivity index (χ2v) is 9.13. The number of aromatic nitrogens is 2. The maximum absolute atomic E-state index is 13.2. The molecule has 170 valence electrons. The van der Waals surface area contributed by atoms with Gasteiger partial charge in [-0.1, -0.05) is 60.1 Å². The molecule has 0 atom stereocenters. The van der Waals surface area contributed by atoms with Crippen LogP contribution in [-0.4, -0.2) is 33.4 Å². The van der Waals surface area contributed by atoms with E-state index in [0.717, 1.165) is 12.0 Å². The van der Waals surface area contributed by atoms with Gasteiger partial charge in [-0.25, -0.2) is 0 Å². The molecule has 1 N–H and O–H groups in total. The van der Waals surface area contributed by atoms with Crippen molar-refractivity contribution in [3.05, 3.63) is 116 Å². The summed E-state index contributed by atoms with van der Waals surface area (Å²) in [5.41, 5.74) is 4.28. The number of nitrogens with zero attached hydrogens (tertiary/aromatic N) is 2. The SMILES string of the molecule is O=C(c1ccc2c(=O)n(Cc3ccc(Cl)cc3)c(=S)[nH]c2c1)N1CC=C(c2ccccc2)CC1. The molecule has 4 aromatic rings. The zero-order valence-electron chi connectivity index (χ0n) is 18.3. The number of halogens is 1. The van der Waals surface area contributed by atoms with Gasteiger partial charge in [-0.2, -0.15) is 0 Å². The van der Waals surface area contributed by atoms with Gasteiger partial charge < -0.3 is 9.88 Å². The number of aromatic amines is 1. The Morgan fingerprint density at radius 3 is 2.50 bits per heavy atom. The molecule has 34 heavy (non-hydrogen) atoms. The van der Waals surface area contributed by atoms with Crippen LogP contribution in [0.2, 0.25) is 5.02 Å². The van der Waals surface area contributed by atoms with Gasteiger partial charge in [0.1, 0.15) is 0 Å². The number of nitrogens with one attached hydrogen (secondary N) is 1. The molecule has 1 aliphatic heterocycles. The van der Waals surface area contributed by atoms with Crippen molar-refractivity contribution >= 4 is 46.2 Å². The van der Waals surface area contributed by atoms with Gasteiger partial charge in [-0.05, 0) is 65.7 Å². The second-order valence-electron chi connectivity index (χ2n) is 8.30. The van der Waals surface area contributed by atoms with Crippen LogP contribution in [-0.2, 0) is 6.54 Å². The topological polar surface area (TPSA) is 58.1 Å². The zero-order valence-corrected chi connectivity index (χ0v) is 19.9. The number of fused-ring (bicyclic) bond motifs is 1. The van der Waals surface area contributed by atoms with Gasteiger partial charge in [0.25, 0.3) is 11.5 Å². The minimum atomic E-state index is -0.193. The van der Waals surface area contributed by atoms with Crippen LogP contribution >= 0.6 is 23.8 Å². The number of carbonyl (C=O) groups excluding carboxylic acids is 1. The minimum Gasteiger partial charge on any atom is -0.335 e. The van der Waals surface area contributed by atoms with E-state index < -0.39 is 0 Å². The molecule has 0 unspecified atom stereocenters. The van der Waals surface area contributed by atoms with Crippen LogP contribution in [0.25, 0.3) is 16.5 Å². The predicted molar refractivity (Wildman–Crippen MR) is 139 cm³/mol. The first kappa shape index (κ1) is 22.3. The molecule has 5 nitrogen and oxygen atoms in total. The Morgan fingerprint density at radius 1 is 1.03 bits per heavy atom. The smallest absolute Gasteiger partial charge is 0.262 e. The number of carbonyl (C=O) groups is 1. The molecule has 5 rings (SSSR count). The Bertz CT molecular complexity index is 1520. The van der Waals surface area contributed by atoms with Crippen molar-refractivity contribution in [1.29, 1.82) is 0 Å². The van der Waals surface area contributed by atoms with Crippen molar-refractivity contribution < 1.29 is 4.79 Å². The van der Waals surface area contributed by atoms with Gasteiger partial charge in [-0.3, -0.25) is 14.2 Å². The van der Waals surface area contributed by atoms with Crippen LogP contribution < -0.4 is 5.56 Å². The maximum Gasteiger partial charge on any atom is 0.262 e. The third-order valence-corrected chi connectivity index (χ3v) is 6.70. The highest BCUT2D eigenvalue weighted by Crippen LogP contribution is 2.23. The van der Waals surface area contributed by atoms with Crippen LogP contribution in [0.3, 0.4) is 0 Å². The van der Waals surface area contributed by atoms with E-state index in [0.29, 0.717) is 45.9 Å². The Labute approximate surface area is 206 Å². The fraction of sp³-hybridized carbons (Fsp3) is 0.148. The van der Waals surface area contributed by atoms with Gasteiger partial charge >= 0.3 is 0 Å². The third-order valence-electron chi connectivity index (χ3n) is 6.12. The highest BCUT2D eigenvalue weighted by Gasteiger charge is 2.20. The molecule has 0 fully saturated rings. The third kappa shape index (κ3) is 4.47. The molecule has 1 amide bonds. The summed E-state index contributed by atoms with van der Waals surface area (Å²) in [7, 11) is 0. The molecule has 0 radical (unpaired) electrons. The first-order valence-corrected chi connectivity index (χ1v) is 11.8. The summed E-state index contributed by atoms with van der Waals surface area (Å²) in [6, 6.07) is 22.7. The number of hydrogen-bond donors (Lipinski definition) is 1. The number of H-pyrrole nitrogens is 1. The summed E-state index contributed by atoms with van der Waals surface area (Å²) in [4.78, 5) is 31.2. The van der Waals surface area contributed by atoms with Crippen molar-refractivity contribution in [2.24, 2.45) is 0 Å². The van der Waals surface area contributed by atoms with Crippen molar-refractivity contribution in [3.63, 3.8) is 0 Å². The molecule has 2 heterocycles. The lowest BCUT2D eigenvalue weighted by Crippen LogP contribution is -2.34. The van der Waals surface area contributed by atoms with Crippen molar-refractivity contribution in [2.75, 3.05) is 13.1 Å². The van der Waals surface area contributed by atoms with Crippen LogP contribution in [0.15, 0.2) is 83.7 Å². The van der Waals surface area contributed by atoms with Crippen molar-refractivity contribution in [2.45, 2.75) is 13.0 Å². The molecular formula is C27H22ClN3O2S. The summed E-state index contributed by atoms with van der Waals surface area (Å²) < 4.78 is 1.83. The average molecular weight is 488 g/mol. The number of rotatable bonds is 4. The Hall–Kier alpha value is -3.48. The van der Waals surface area contributed by atoms with E-state index in [4.69, 9.17) is 23.8 Å². The Kier molecular flexibility index (Phi) is 6.18. The Morgan fingerprint density at radius 2 is 1.79 bits per heavy atom. The van der Waals surface area contributed by atoms with Gasteiger partial charge in [-0.15, -0.1) is 0 Å². The standard InChI is InChI=1S/C27H22ClN3O2S/c28-22-9-6-18(7-10-22)17-31-26(33)23-11-8-21(16-24(23)29-27(31)34)25(32)30-14-12-20(13-15-30)19-4-2-1-3-5-19/h1-12,16H,13-15,17H2,(H,29,34). The number of hydrogen-bond acceptors (Lipinski definition) is 3. The van der Waals surface area contributed by atoms with Gasteiger partial charge in [0.15, 0.2) is 4.77 Å². The van der Waals surface area contributed by atoms with Crippen molar-refractivity contribution in [3.8, 4) is 0 Å². The summed E-state index contributed by atoms with van der Waals surface area (Å²) >= 11 is 11.4. The first-order valence-electron chi connectivity index (χ1n) is 11.0. The average Bonchev–Trinajstić information content (AvgIpc) is 2.87. The van der Waals surface area contributed by atoms with E-state index in [1.807, 2.05) is 35.2 Å². The monoisotopic (exact) mass is 487 g/mol. The van der Waals surface area contributed by atoms with Gasteiger partial charge in [0.2, 0.25) is 0 Å². The lowest BCUT2D eigenvalue weighted by molar-refractivity contribution is 0.0773. The number of benzene rings is 3. The van der Waals surface area contributed by atoms with Crippen LogP contribution in [0, 0.1) is 4.77 Å². The molecule has 0 saturated carbocycles. The maximum atomic E-state index is 13.2. The van der Waals surface area contributed by atoms with E-state index in [1.54, 1.807) is 30.3 Å². The molecule has 7 heteroatoms. The summed E-state index contributed by atoms with van der Waals surface area (Å²) in [6.07, 6.45) is 2.92.